The van der Waals surface area contributed by atoms with Gasteiger partial charge in [0.2, 0.25) is 0 Å². The molecule has 0 N–H and O–H groups in total. The lowest BCUT2D eigenvalue weighted by Crippen LogP contribution is -2.05. The summed E-state index contributed by atoms with van der Waals surface area (Å²) in [6, 6.07) is 13.2. The van der Waals surface area contributed by atoms with Crippen molar-refractivity contribution in [1.82, 2.24) is 0 Å². The van der Waals surface area contributed by atoms with Crippen molar-refractivity contribution in [2.24, 2.45) is 0 Å². The van der Waals surface area contributed by atoms with E-state index >= 15 is 0 Å². The molecule has 0 aliphatic rings. The molecule has 4 aromatic rings. The number of unbranched alkanes of at least 4 members (excludes halogenated alkanes) is 12. The fraction of sp³-hybridized carbons (Fsp3) is 0.625. The van der Waals surface area contributed by atoms with Gasteiger partial charge in [-0.05, 0) is 120 Å². The Morgan fingerprint density at radius 1 is 0.291 bits per heavy atom. The average Bonchev–Trinajstić information content (AvgIpc) is 3.20. The summed E-state index contributed by atoms with van der Waals surface area (Å²) < 4.78 is 39.3. The Labute approximate surface area is 341 Å². The number of fused-ring (bicyclic) bond motifs is 6. The minimum atomic E-state index is 0.644. The van der Waals surface area contributed by atoms with E-state index in [0.717, 1.165) is 188 Å². The van der Waals surface area contributed by atoms with Crippen molar-refractivity contribution in [2.45, 2.75) is 150 Å². The maximum Gasteiger partial charge on any atom is 0.161 e. The Hall–Kier alpha value is -3.06. The monoisotopic (exact) mass is 822 g/mol. The highest BCUT2D eigenvalue weighted by molar-refractivity contribution is 9.09. The van der Waals surface area contributed by atoms with Crippen LogP contribution in [-0.2, 0) is 0 Å². The molecule has 0 saturated carbocycles. The minimum Gasteiger partial charge on any atom is -0.490 e. The van der Waals surface area contributed by atoms with Crippen LogP contribution in [0.3, 0.4) is 0 Å². The van der Waals surface area contributed by atoms with Crippen LogP contribution in [-0.4, -0.2) is 45.0 Å². The third kappa shape index (κ3) is 13.8. The molecule has 0 radical (unpaired) electrons. The smallest absolute Gasteiger partial charge is 0.161 e. The van der Waals surface area contributed by atoms with Crippen molar-refractivity contribution in [3.05, 3.63) is 36.4 Å². The van der Waals surface area contributed by atoms with Crippen LogP contribution in [0.15, 0.2) is 36.4 Å². The number of alkyl halides is 1. The quantitative estimate of drug-likeness (QED) is 0.0286. The molecule has 0 aliphatic carbocycles. The van der Waals surface area contributed by atoms with E-state index in [2.05, 4.69) is 86.9 Å². The lowest BCUT2D eigenvalue weighted by molar-refractivity contribution is 0.260. The maximum absolute atomic E-state index is 6.57. The predicted molar refractivity (Wildman–Crippen MR) is 237 cm³/mol. The molecular weight excluding hydrogens is 752 g/mol. The SMILES string of the molecule is CCCCCOc1cc2c3cc(OCCCCC)c(OCCCCC)cc3c3cc(OCCCCCBr)c(OCCCCC)cc3c2cc1OCCCCC. The van der Waals surface area contributed by atoms with Gasteiger partial charge in [0.15, 0.2) is 34.5 Å². The van der Waals surface area contributed by atoms with Crippen LogP contribution in [0, 0.1) is 0 Å². The Morgan fingerprint density at radius 2 is 0.491 bits per heavy atom. The first kappa shape index (κ1) is 44.7. The maximum atomic E-state index is 6.57. The van der Waals surface area contributed by atoms with Crippen LogP contribution in [0.2, 0.25) is 0 Å². The second kappa shape index (κ2) is 26.0. The van der Waals surface area contributed by atoms with E-state index in [9.17, 15) is 0 Å². The van der Waals surface area contributed by atoms with Gasteiger partial charge in [0.1, 0.15) is 0 Å². The standard InChI is InChI=1S/C48H71BrO6/c1-6-11-18-25-50-43-31-37-38-32-44(51-26-19-12-7-2)46(53-28-21-14-9-4)34-40(38)42-36-48(55-30-23-16-17-24-49)47(54-29-22-15-10-5)35-41(42)39(37)33-45(43)52-27-20-13-8-3/h31-36H,6-30H2,1-5H3. The van der Waals surface area contributed by atoms with Crippen molar-refractivity contribution in [3.8, 4) is 34.5 Å². The molecule has 0 atom stereocenters. The third-order valence-corrected chi connectivity index (χ3v) is 10.7. The molecule has 4 aromatic carbocycles. The highest BCUT2D eigenvalue weighted by atomic mass is 79.9. The van der Waals surface area contributed by atoms with Crippen LogP contribution in [0.25, 0.3) is 32.3 Å². The lowest BCUT2D eigenvalue weighted by atomic mass is 9.93. The molecular formula is C48H71BrO6. The summed E-state index contributed by atoms with van der Waals surface area (Å²) in [4.78, 5) is 0. The number of rotatable bonds is 31. The average molecular weight is 824 g/mol. The van der Waals surface area contributed by atoms with Crippen LogP contribution >= 0.6 is 15.9 Å². The van der Waals surface area contributed by atoms with Crippen LogP contribution in [0.4, 0.5) is 0 Å². The van der Waals surface area contributed by atoms with Gasteiger partial charge in [-0.15, -0.1) is 0 Å². The highest BCUT2D eigenvalue weighted by Gasteiger charge is 2.20. The fourth-order valence-corrected chi connectivity index (χ4v) is 7.32. The molecule has 0 bridgehead atoms. The van der Waals surface area contributed by atoms with E-state index in [0.29, 0.717) is 39.6 Å². The fourth-order valence-electron chi connectivity index (χ4n) is 6.92. The third-order valence-electron chi connectivity index (χ3n) is 10.2. The summed E-state index contributed by atoms with van der Waals surface area (Å²) in [5.74, 6) is 4.77. The summed E-state index contributed by atoms with van der Waals surface area (Å²) in [5, 5.41) is 7.62. The first-order chi connectivity index (χ1) is 27.1. The largest absolute Gasteiger partial charge is 0.490 e. The molecule has 0 unspecified atom stereocenters. The molecule has 0 aliphatic heterocycles. The molecule has 7 heteroatoms. The second-order valence-electron chi connectivity index (χ2n) is 14.9. The zero-order valence-electron chi connectivity index (χ0n) is 35.0. The van der Waals surface area contributed by atoms with Crippen molar-refractivity contribution in [1.29, 1.82) is 0 Å². The van der Waals surface area contributed by atoms with Crippen molar-refractivity contribution in [3.63, 3.8) is 0 Å². The lowest BCUT2D eigenvalue weighted by Gasteiger charge is -2.21. The van der Waals surface area contributed by atoms with Gasteiger partial charge in [-0.2, -0.15) is 0 Å². The van der Waals surface area contributed by atoms with E-state index in [1.165, 1.54) is 0 Å². The summed E-state index contributed by atoms with van der Waals surface area (Å²) >= 11 is 3.58. The molecule has 0 fully saturated rings. The first-order valence-electron chi connectivity index (χ1n) is 22.0. The topological polar surface area (TPSA) is 55.4 Å². The Bertz CT molecular complexity index is 1640. The van der Waals surface area contributed by atoms with Gasteiger partial charge in [-0.25, -0.2) is 0 Å². The summed E-state index contributed by atoms with van der Waals surface area (Å²) in [7, 11) is 0. The Kier molecular flexibility index (Phi) is 21.1. The summed E-state index contributed by atoms with van der Waals surface area (Å²) in [5.41, 5.74) is 0. The van der Waals surface area contributed by atoms with Gasteiger partial charge in [0.25, 0.3) is 0 Å². The molecule has 306 valence electrons. The number of benzene rings is 4. The first-order valence-corrected chi connectivity index (χ1v) is 23.1. The van der Waals surface area contributed by atoms with E-state index in [1.807, 2.05) is 0 Å². The van der Waals surface area contributed by atoms with Gasteiger partial charge < -0.3 is 28.4 Å². The van der Waals surface area contributed by atoms with Crippen molar-refractivity contribution < 1.29 is 28.4 Å². The molecule has 0 saturated heterocycles. The zero-order valence-corrected chi connectivity index (χ0v) is 36.6. The second-order valence-corrected chi connectivity index (χ2v) is 15.7. The van der Waals surface area contributed by atoms with E-state index in [-0.39, 0.29) is 0 Å². The summed E-state index contributed by atoms with van der Waals surface area (Å²) in [6.07, 6.45) is 19.7. The molecule has 55 heavy (non-hydrogen) atoms. The van der Waals surface area contributed by atoms with Gasteiger partial charge in [-0.3, -0.25) is 0 Å². The van der Waals surface area contributed by atoms with Crippen LogP contribution in [0.5, 0.6) is 34.5 Å². The number of halogens is 1. The minimum absolute atomic E-state index is 0.644. The van der Waals surface area contributed by atoms with E-state index in [1.54, 1.807) is 0 Å². The van der Waals surface area contributed by atoms with Crippen molar-refractivity contribution >= 4 is 48.2 Å². The van der Waals surface area contributed by atoms with Gasteiger partial charge in [0.05, 0.1) is 39.6 Å². The summed E-state index contributed by atoms with van der Waals surface area (Å²) in [6.45, 7) is 15.0. The molecule has 0 spiro atoms. The number of ether oxygens (including phenoxy) is 6. The van der Waals surface area contributed by atoms with Gasteiger partial charge >= 0.3 is 0 Å². The number of hydrogen-bond acceptors (Lipinski definition) is 6. The normalized spacial score (nSPS) is 11.5. The zero-order chi connectivity index (χ0) is 39.1. The van der Waals surface area contributed by atoms with E-state index < -0.39 is 0 Å². The molecule has 0 aromatic heterocycles. The predicted octanol–water partition coefficient (Wildman–Crippen LogP) is 14.9. The number of hydrogen-bond donors (Lipinski definition) is 0. The van der Waals surface area contributed by atoms with Crippen LogP contribution < -0.4 is 28.4 Å². The van der Waals surface area contributed by atoms with Crippen molar-refractivity contribution in [2.75, 3.05) is 45.0 Å². The highest BCUT2D eigenvalue weighted by Crippen LogP contribution is 2.47. The van der Waals surface area contributed by atoms with E-state index in [4.69, 9.17) is 28.4 Å². The molecule has 0 heterocycles. The molecule has 6 nitrogen and oxygen atoms in total. The Morgan fingerprint density at radius 3 is 0.673 bits per heavy atom. The Balaban J connectivity index is 1.99. The van der Waals surface area contributed by atoms with Gasteiger partial charge in [-0.1, -0.05) is 115 Å². The van der Waals surface area contributed by atoms with Gasteiger partial charge in [0, 0.05) is 5.33 Å². The van der Waals surface area contributed by atoms with Crippen LogP contribution in [0.1, 0.15) is 150 Å². The molecule has 4 rings (SSSR count). The molecule has 0 amide bonds.